The van der Waals surface area contributed by atoms with Crippen LogP contribution in [0.2, 0.25) is 0 Å². The molecule has 0 radical (unpaired) electrons. The summed E-state index contributed by atoms with van der Waals surface area (Å²) in [5.74, 6) is -1.62. The summed E-state index contributed by atoms with van der Waals surface area (Å²) in [6, 6.07) is 24.8. The van der Waals surface area contributed by atoms with Crippen molar-refractivity contribution in [2.45, 2.75) is 44.3 Å². The van der Waals surface area contributed by atoms with Gasteiger partial charge in [-0.05, 0) is 46.7 Å². The molecule has 40 heavy (non-hydrogen) atoms. The van der Waals surface area contributed by atoms with Gasteiger partial charge in [-0.3, -0.25) is 14.5 Å². The fourth-order valence-corrected chi connectivity index (χ4v) is 5.76. The lowest BCUT2D eigenvalue weighted by Crippen LogP contribution is -2.56. The normalized spacial score (nSPS) is 19.2. The van der Waals surface area contributed by atoms with Crippen molar-refractivity contribution < 1.29 is 24.2 Å². The molecule has 208 valence electrons. The average Bonchev–Trinajstić information content (AvgIpc) is 3.27. The van der Waals surface area contributed by atoms with Gasteiger partial charge >= 0.3 is 12.1 Å². The van der Waals surface area contributed by atoms with Gasteiger partial charge in [0.05, 0.1) is 6.42 Å². The summed E-state index contributed by atoms with van der Waals surface area (Å²) < 4.78 is 5.57. The minimum atomic E-state index is -1.25. The van der Waals surface area contributed by atoms with Gasteiger partial charge in [0.2, 0.25) is 5.91 Å². The maximum Gasteiger partial charge on any atom is 0.407 e. The Labute approximate surface area is 234 Å². The molecule has 0 aromatic heterocycles. The number of hydrogen-bond acceptors (Lipinski definition) is 5. The number of hydrogen-bond donors (Lipinski definition) is 3. The van der Waals surface area contributed by atoms with Gasteiger partial charge in [0.25, 0.3) is 0 Å². The van der Waals surface area contributed by atoms with Crippen molar-refractivity contribution in [3.8, 4) is 11.1 Å². The van der Waals surface area contributed by atoms with E-state index in [9.17, 15) is 19.5 Å². The fourth-order valence-electron chi connectivity index (χ4n) is 5.76. The second-order valence-electron chi connectivity index (χ2n) is 10.7. The van der Waals surface area contributed by atoms with Gasteiger partial charge in [-0.15, -0.1) is 0 Å². The number of piperidine rings is 1. The molecule has 1 aliphatic heterocycles. The zero-order chi connectivity index (χ0) is 28.1. The summed E-state index contributed by atoms with van der Waals surface area (Å²) in [6.45, 7) is 4.49. The molecule has 5 rings (SSSR count). The van der Waals surface area contributed by atoms with Gasteiger partial charge in [-0.1, -0.05) is 85.8 Å². The van der Waals surface area contributed by atoms with Gasteiger partial charge in [0.15, 0.2) is 0 Å². The number of carboxylic acids is 1. The van der Waals surface area contributed by atoms with Crippen molar-refractivity contribution in [1.82, 2.24) is 15.5 Å². The molecular weight excluding hydrogens is 506 g/mol. The average molecular weight is 542 g/mol. The number of carboxylic acid groups (broad SMARTS) is 1. The lowest BCUT2D eigenvalue weighted by molar-refractivity contribution is -0.140. The topological polar surface area (TPSA) is 108 Å². The van der Waals surface area contributed by atoms with Crippen LogP contribution < -0.4 is 10.6 Å². The molecule has 0 saturated carbocycles. The third-order valence-electron chi connectivity index (χ3n) is 7.95. The molecule has 3 unspecified atom stereocenters. The van der Waals surface area contributed by atoms with Gasteiger partial charge in [0, 0.05) is 25.0 Å². The molecule has 0 spiro atoms. The number of fused-ring (bicyclic) bond motifs is 3. The van der Waals surface area contributed by atoms with E-state index in [-0.39, 0.29) is 24.5 Å². The molecule has 8 heteroatoms. The molecule has 2 amide bonds. The standard InChI is InChI=1S/C32H35N3O5/c1-21-15-16-35(18-22-9-3-2-4-10-22)19-29(21)33-31(38)28(17-30(36)37)34-32(39)40-20-27-25-13-7-5-11-23(25)24-12-6-8-14-26(24)27/h2-14,21,27-29H,15-20H2,1H3,(H,33,38)(H,34,39)(H,36,37). The number of carbonyl (C=O) groups excluding carboxylic acids is 2. The summed E-state index contributed by atoms with van der Waals surface area (Å²) >= 11 is 0. The molecule has 1 heterocycles. The van der Waals surface area contributed by atoms with Crippen LogP contribution in [0.4, 0.5) is 4.79 Å². The van der Waals surface area contributed by atoms with E-state index in [0.29, 0.717) is 6.54 Å². The van der Waals surface area contributed by atoms with Crippen LogP contribution in [0.1, 0.15) is 42.4 Å². The molecule has 0 bridgehead atoms. The highest BCUT2D eigenvalue weighted by molar-refractivity contribution is 5.89. The molecule has 3 aromatic carbocycles. The van der Waals surface area contributed by atoms with Crippen LogP contribution in [0, 0.1) is 5.92 Å². The quantitative estimate of drug-likeness (QED) is 0.371. The van der Waals surface area contributed by atoms with E-state index in [0.717, 1.165) is 41.8 Å². The van der Waals surface area contributed by atoms with Crippen molar-refractivity contribution in [3.05, 3.63) is 95.6 Å². The number of likely N-dealkylation sites (tertiary alicyclic amines) is 1. The molecule has 1 aliphatic carbocycles. The van der Waals surface area contributed by atoms with E-state index in [1.54, 1.807) is 0 Å². The SMILES string of the molecule is CC1CCN(Cc2ccccc2)CC1NC(=O)C(CC(=O)O)NC(=O)OCC1c2ccccc2-c2ccccc21. The smallest absolute Gasteiger partial charge is 0.407 e. The van der Waals surface area contributed by atoms with E-state index in [4.69, 9.17) is 4.74 Å². The summed E-state index contributed by atoms with van der Waals surface area (Å²) in [5.41, 5.74) is 5.56. The fraction of sp³-hybridized carbons (Fsp3) is 0.344. The molecule has 1 fully saturated rings. The van der Waals surface area contributed by atoms with Crippen molar-refractivity contribution in [2.75, 3.05) is 19.7 Å². The van der Waals surface area contributed by atoms with E-state index < -0.39 is 30.4 Å². The van der Waals surface area contributed by atoms with Crippen LogP contribution >= 0.6 is 0 Å². The first-order valence-electron chi connectivity index (χ1n) is 13.8. The number of aliphatic carboxylic acids is 1. The van der Waals surface area contributed by atoms with Crippen molar-refractivity contribution in [1.29, 1.82) is 0 Å². The minimum Gasteiger partial charge on any atom is -0.481 e. The highest BCUT2D eigenvalue weighted by Crippen LogP contribution is 2.44. The largest absolute Gasteiger partial charge is 0.481 e. The molecule has 1 saturated heterocycles. The van der Waals surface area contributed by atoms with Crippen LogP contribution in [0.5, 0.6) is 0 Å². The maximum absolute atomic E-state index is 13.2. The first-order valence-corrected chi connectivity index (χ1v) is 13.8. The van der Waals surface area contributed by atoms with Crippen LogP contribution in [0.25, 0.3) is 11.1 Å². The maximum atomic E-state index is 13.2. The number of carbonyl (C=O) groups is 3. The number of alkyl carbamates (subject to hydrolysis) is 1. The van der Waals surface area contributed by atoms with Crippen LogP contribution in [-0.4, -0.2) is 59.8 Å². The number of amides is 2. The summed E-state index contributed by atoms with van der Waals surface area (Å²) in [6.07, 6.45) is -0.447. The zero-order valence-corrected chi connectivity index (χ0v) is 22.6. The Morgan fingerprint density at radius 1 is 0.950 bits per heavy atom. The molecule has 3 atom stereocenters. The van der Waals surface area contributed by atoms with Gasteiger partial charge in [-0.25, -0.2) is 4.79 Å². The monoisotopic (exact) mass is 541 g/mol. The van der Waals surface area contributed by atoms with E-state index in [1.165, 1.54) is 5.56 Å². The van der Waals surface area contributed by atoms with Crippen molar-refractivity contribution in [3.63, 3.8) is 0 Å². The van der Waals surface area contributed by atoms with Gasteiger partial charge in [-0.2, -0.15) is 0 Å². The predicted molar refractivity (Wildman–Crippen MR) is 152 cm³/mol. The molecule has 3 N–H and O–H groups in total. The summed E-state index contributed by atoms with van der Waals surface area (Å²) in [4.78, 5) is 39.9. The van der Waals surface area contributed by atoms with Gasteiger partial charge in [0.1, 0.15) is 12.6 Å². The first kappa shape index (κ1) is 27.4. The van der Waals surface area contributed by atoms with E-state index in [2.05, 4.69) is 46.7 Å². The Kier molecular flexibility index (Phi) is 8.45. The minimum absolute atomic E-state index is 0.0787. The van der Waals surface area contributed by atoms with E-state index in [1.807, 2.05) is 54.6 Å². The third-order valence-corrected chi connectivity index (χ3v) is 7.95. The first-order chi connectivity index (χ1) is 19.4. The van der Waals surface area contributed by atoms with Crippen LogP contribution in [0.15, 0.2) is 78.9 Å². The number of nitrogens with one attached hydrogen (secondary N) is 2. The molecule has 3 aromatic rings. The summed E-state index contributed by atoms with van der Waals surface area (Å²) in [5, 5.41) is 15.0. The zero-order valence-electron chi connectivity index (χ0n) is 22.6. The Bertz CT molecular complexity index is 1320. The van der Waals surface area contributed by atoms with Crippen molar-refractivity contribution in [2.24, 2.45) is 5.92 Å². The predicted octanol–water partition coefficient (Wildman–Crippen LogP) is 4.40. The second-order valence-corrected chi connectivity index (χ2v) is 10.7. The number of ether oxygens (including phenoxy) is 1. The number of rotatable bonds is 9. The van der Waals surface area contributed by atoms with Gasteiger partial charge < -0.3 is 20.5 Å². The molecular formula is C32H35N3O5. The highest BCUT2D eigenvalue weighted by Gasteiger charge is 2.33. The number of benzene rings is 3. The van der Waals surface area contributed by atoms with Crippen LogP contribution in [-0.2, 0) is 20.9 Å². The Morgan fingerprint density at radius 2 is 1.57 bits per heavy atom. The second kappa shape index (κ2) is 12.3. The molecule has 8 nitrogen and oxygen atoms in total. The Morgan fingerprint density at radius 3 is 2.23 bits per heavy atom. The lowest BCUT2D eigenvalue weighted by Gasteiger charge is -2.38. The van der Waals surface area contributed by atoms with Crippen molar-refractivity contribution >= 4 is 18.0 Å². The molecule has 2 aliphatic rings. The lowest BCUT2D eigenvalue weighted by atomic mass is 9.92. The van der Waals surface area contributed by atoms with E-state index >= 15 is 0 Å². The summed E-state index contributed by atoms with van der Waals surface area (Å²) in [7, 11) is 0. The van der Waals surface area contributed by atoms with Crippen LogP contribution in [0.3, 0.4) is 0 Å². The Balaban J connectivity index is 1.20. The number of nitrogens with zero attached hydrogens (tertiary/aromatic N) is 1. The Hall–Kier alpha value is -4.17. The highest BCUT2D eigenvalue weighted by atomic mass is 16.5. The third kappa shape index (κ3) is 6.34.